The summed E-state index contributed by atoms with van der Waals surface area (Å²) >= 11 is 0.935. The molecular formula is C25H44Co2O9. The van der Waals surface area contributed by atoms with Crippen LogP contribution in [0.25, 0.3) is 0 Å². The Morgan fingerprint density at radius 3 is 2.11 bits per heavy atom. The minimum absolute atomic E-state index is 0.103. The van der Waals surface area contributed by atoms with Gasteiger partial charge < -0.3 is 0 Å². The van der Waals surface area contributed by atoms with Crippen LogP contribution in [0.1, 0.15) is 86.5 Å². The van der Waals surface area contributed by atoms with E-state index in [0.717, 1.165) is 34.0 Å². The number of unbranched alkanes of at least 4 members (excludes halogenated alkanes) is 3. The fourth-order valence-electron chi connectivity index (χ4n) is 2.36. The minimum atomic E-state index is -0.930. The van der Waals surface area contributed by atoms with Gasteiger partial charge >= 0.3 is 229 Å². The molecule has 0 aromatic heterocycles. The third kappa shape index (κ3) is 14.7. The summed E-state index contributed by atoms with van der Waals surface area (Å²) < 4.78 is 20.1. The number of carbonyl (C=O) groups is 4. The van der Waals surface area contributed by atoms with Gasteiger partial charge in [0.25, 0.3) is 0 Å². The van der Waals surface area contributed by atoms with Crippen LogP contribution in [0, 0.1) is 5.41 Å². The number of esters is 3. The van der Waals surface area contributed by atoms with Crippen molar-refractivity contribution >= 4 is 22.6 Å². The van der Waals surface area contributed by atoms with Gasteiger partial charge in [-0.1, -0.05) is 0 Å². The Bertz CT molecular complexity index is 684. The van der Waals surface area contributed by atoms with E-state index in [9.17, 15) is 19.2 Å². The second-order valence-electron chi connectivity index (χ2n) is 9.07. The molecular weight excluding hydrogens is 562 g/mol. The van der Waals surface area contributed by atoms with Gasteiger partial charge in [-0.15, -0.1) is 0 Å². The third-order valence-corrected chi connectivity index (χ3v) is 8.59. The molecule has 0 spiro atoms. The van der Waals surface area contributed by atoms with Crippen molar-refractivity contribution in [2.24, 2.45) is 5.41 Å². The van der Waals surface area contributed by atoms with Crippen LogP contribution in [0.3, 0.4) is 0 Å². The Kier molecular flexibility index (Phi) is 18.6. The number of hydrogen-bond acceptors (Lipinski definition) is 9. The Labute approximate surface area is 228 Å². The average molecular weight is 606 g/mol. The molecule has 0 aliphatic rings. The summed E-state index contributed by atoms with van der Waals surface area (Å²) in [6.45, 7) is 11.0. The Morgan fingerprint density at radius 1 is 0.861 bits per heavy atom. The van der Waals surface area contributed by atoms with Crippen LogP contribution in [-0.2, 0) is 67.0 Å². The van der Waals surface area contributed by atoms with Gasteiger partial charge in [0.15, 0.2) is 0 Å². The number of carbonyl (C=O) groups excluding carboxylic acids is 4. The number of aliphatic hydroxyl groups is 1. The fraction of sp³-hybridized carbons (Fsp3) is 0.840. The third-order valence-electron chi connectivity index (χ3n) is 5.11. The molecule has 0 bridgehead atoms. The van der Waals surface area contributed by atoms with Gasteiger partial charge in [0.05, 0.1) is 0 Å². The molecule has 0 saturated carbocycles. The van der Waals surface area contributed by atoms with Crippen molar-refractivity contribution in [1.82, 2.24) is 0 Å². The molecule has 0 fully saturated rings. The summed E-state index contributed by atoms with van der Waals surface area (Å²) in [6, 6.07) is 0. The van der Waals surface area contributed by atoms with E-state index in [0.29, 0.717) is 37.6 Å². The number of rotatable bonds is 21. The molecule has 216 valence electrons. The molecule has 0 aliphatic heterocycles. The van der Waals surface area contributed by atoms with Crippen molar-refractivity contribution < 1.29 is 72.1 Å². The van der Waals surface area contributed by atoms with Crippen molar-refractivity contribution in [3.8, 4) is 0 Å². The van der Waals surface area contributed by atoms with E-state index >= 15 is 0 Å². The number of aliphatic hydroxyl groups excluding tert-OH is 1. The van der Waals surface area contributed by atoms with Crippen molar-refractivity contribution in [2.45, 2.75) is 102 Å². The molecule has 0 rings (SSSR count). The SMILES string of the molecule is CCCCOC(=O)[C@](C)(CC)[Co][CH2]C(C)(C)C(=O)OCCOC(=O)C(C)[O][Co][C](=O)CCCCCO. The van der Waals surface area contributed by atoms with E-state index in [4.69, 9.17) is 23.2 Å². The molecule has 0 aromatic carbocycles. The maximum absolute atomic E-state index is 12.6. The zero-order chi connectivity index (χ0) is 27.6. The maximum atomic E-state index is 12.6. The first-order valence-corrected chi connectivity index (χ1v) is 14.6. The molecule has 0 heterocycles. The molecule has 11 heteroatoms. The summed E-state index contributed by atoms with van der Waals surface area (Å²) in [5.74, 6) is -1.35. The molecule has 0 aliphatic carbocycles. The molecule has 0 aromatic rings. The van der Waals surface area contributed by atoms with Gasteiger partial charge in [-0.2, -0.15) is 0 Å². The van der Waals surface area contributed by atoms with Crippen molar-refractivity contribution in [3.63, 3.8) is 0 Å². The molecule has 9 nitrogen and oxygen atoms in total. The van der Waals surface area contributed by atoms with Crippen LogP contribution in [-0.4, -0.2) is 60.3 Å². The van der Waals surface area contributed by atoms with Crippen LogP contribution in [0.4, 0.5) is 0 Å². The molecule has 0 radical (unpaired) electrons. The topological polar surface area (TPSA) is 125 Å². The average Bonchev–Trinajstić information content (AvgIpc) is 2.85. The Morgan fingerprint density at radius 2 is 1.50 bits per heavy atom. The van der Waals surface area contributed by atoms with Crippen LogP contribution in [0.2, 0.25) is 9.70 Å². The van der Waals surface area contributed by atoms with Gasteiger partial charge in [0, 0.05) is 0 Å². The van der Waals surface area contributed by atoms with E-state index in [1.54, 1.807) is 13.8 Å². The van der Waals surface area contributed by atoms with Crippen molar-refractivity contribution in [1.29, 1.82) is 0 Å². The second-order valence-corrected chi connectivity index (χ2v) is 12.0. The quantitative estimate of drug-likeness (QED) is 0.117. The predicted molar refractivity (Wildman–Crippen MR) is 126 cm³/mol. The van der Waals surface area contributed by atoms with Crippen LogP contribution < -0.4 is 0 Å². The molecule has 0 amide bonds. The van der Waals surface area contributed by atoms with Gasteiger partial charge in [0.1, 0.15) is 0 Å². The van der Waals surface area contributed by atoms with E-state index in [1.807, 2.05) is 20.8 Å². The molecule has 36 heavy (non-hydrogen) atoms. The predicted octanol–water partition coefficient (Wildman–Crippen LogP) is 4.01. The van der Waals surface area contributed by atoms with E-state index in [1.165, 1.54) is 6.92 Å². The first-order chi connectivity index (χ1) is 16.9. The molecule has 1 unspecified atom stereocenters. The zero-order valence-corrected chi connectivity index (χ0v) is 24.5. The molecule has 2 atom stereocenters. The summed E-state index contributed by atoms with van der Waals surface area (Å²) in [7, 11) is 0. The van der Waals surface area contributed by atoms with Crippen molar-refractivity contribution in [3.05, 3.63) is 0 Å². The number of hydrogen-bond donors (Lipinski definition) is 1. The standard InChI is InChI=1S/C10H16O5.C9H17O2.C6H11O2.2Co/c1-7(11)8(12)14-5-6-15-9(13)10(2,3)4;1-4-6-7-11-9(10)8(3)5-2;7-5-3-1-2-4-6-8;;/h7H,2,5-6H2,1,3-4H3;4-7H2,1-3H3;7H,1-5H2;;/q-1;;;;+1. The van der Waals surface area contributed by atoms with Crippen LogP contribution in [0.15, 0.2) is 0 Å². The second kappa shape index (κ2) is 19.1. The summed E-state index contributed by atoms with van der Waals surface area (Å²) in [5.41, 5.74) is -0.836. The van der Waals surface area contributed by atoms with Crippen molar-refractivity contribution in [2.75, 3.05) is 26.4 Å². The summed E-state index contributed by atoms with van der Waals surface area (Å²) in [4.78, 5) is 48.9. The molecule has 1 N–H and O–H groups in total. The van der Waals surface area contributed by atoms with E-state index < -0.39 is 27.8 Å². The van der Waals surface area contributed by atoms with Gasteiger partial charge in [-0.3, -0.25) is 0 Å². The summed E-state index contributed by atoms with van der Waals surface area (Å²) in [6.07, 6.45) is 3.82. The normalized spacial score (nSPS) is 14.2. The van der Waals surface area contributed by atoms with Gasteiger partial charge in [0.2, 0.25) is 0 Å². The van der Waals surface area contributed by atoms with E-state index in [2.05, 4.69) is 0 Å². The zero-order valence-electron chi connectivity index (χ0n) is 22.4. The Balaban J connectivity index is 4.34. The Hall–Kier alpha value is -0.987. The fourth-order valence-corrected chi connectivity index (χ4v) is 4.57. The first-order valence-electron chi connectivity index (χ1n) is 12.4. The molecule has 0 saturated heterocycles. The van der Waals surface area contributed by atoms with Crippen LogP contribution >= 0.6 is 0 Å². The summed E-state index contributed by atoms with van der Waals surface area (Å²) in [5, 5.41) is 9.14. The van der Waals surface area contributed by atoms with Gasteiger partial charge in [-0.05, 0) is 0 Å². The number of ether oxygens (including phenoxy) is 3. The van der Waals surface area contributed by atoms with Crippen LogP contribution in [0.5, 0.6) is 0 Å². The van der Waals surface area contributed by atoms with E-state index in [-0.39, 0.29) is 45.5 Å². The monoisotopic (exact) mass is 606 g/mol. The first kappa shape index (κ1) is 35.0. The van der Waals surface area contributed by atoms with Gasteiger partial charge in [-0.25, -0.2) is 0 Å².